The standard InChI is InChI=1S/C16H18N4S/c1-11-3-9-15(10-4-11)18-16(21)20-19-12(2)13-5-7-14(17)8-6-13/h3-10H,17H2,1-2H3,(H2,18,20,21)/b19-12+. The molecule has 0 unspecified atom stereocenters. The maximum Gasteiger partial charge on any atom is 0.191 e. The van der Waals surface area contributed by atoms with Gasteiger partial charge < -0.3 is 11.1 Å². The van der Waals surface area contributed by atoms with E-state index in [9.17, 15) is 0 Å². The molecule has 0 atom stereocenters. The van der Waals surface area contributed by atoms with Crippen molar-refractivity contribution in [1.29, 1.82) is 0 Å². The molecule has 4 nitrogen and oxygen atoms in total. The highest BCUT2D eigenvalue weighted by atomic mass is 32.1. The molecule has 0 spiro atoms. The van der Waals surface area contributed by atoms with Crippen molar-refractivity contribution in [2.75, 3.05) is 11.1 Å². The van der Waals surface area contributed by atoms with Gasteiger partial charge in [-0.15, -0.1) is 0 Å². The average molecular weight is 298 g/mol. The molecule has 4 N–H and O–H groups in total. The number of nitrogens with one attached hydrogen (secondary N) is 2. The molecule has 0 radical (unpaired) electrons. The van der Waals surface area contributed by atoms with Gasteiger partial charge in [0, 0.05) is 11.4 Å². The largest absolute Gasteiger partial charge is 0.399 e. The highest BCUT2D eigenvalue weighted by Gasteiger charge is 1.99. The molecule has 0 amide bonds. The monoisotopic (exact) mass is 298 g/mol. The number of hydrogen-bond donors (Lipinski definition) is 3. The van der Waals surface area contributed by atoms with Gasteiger partial charge in [0.15, 0.2) is 5.11 Å². The van der Waals surface area contributed by atoms with Crippen LogP contribution in [0.25, 0.3) is 0 Å². The molecule has 0 saturated carbocycles. The lowest BCUT2D eigenvalue weighted by Crippen LogP contribution is -2.24. The molecular weight excluding hydrogens is 280 g/mol. The van der Waals surface area contributed by atoms with Gasteiger partial charge in [0.2, 0.25) is 0 Å². The van der Waals surface area contributed by atoms with Gasteiger partial charge >= 0.3 is 0 Å². The van der Waals surface area contributed by atoms with Crippen LogP contribution in [0, 0.1) is 6.92 Å². The minimum atomic E-state index is 0.452. The average Bonchev–Trinajstić information content (AvgIpc) is 2.48. The summed E-state index contributed by atoms with van der Waals surface area (Å²) in [5.74, 6) is 0. The number of nitrogens with zero attached hydrogens (tertiary/aromatic N) is 1. The summed E-state index contributed by atoms with van der Waals surface area (Å²) in [6.07, 6.45) is 0. The Hall–Kier alpha value is -2.40. The van der Waals surface area contributed by atoms with Gasteiger partial charge in [-0.2, -0.15) is 5.10 Å². The second-order valence-corrected chi connectivity index (χ2v) is 5.16. The molecule has 21 heavy (non-hydrogen) atoms. The SMILES string of the molecule is C/C(=N\NC(=S)Nc1ccc(C)cc1)c1ccc(N)cc1. The Morgan fingerprint density at radius 1 is 1.05 bits per heavy atom. The number of hydrogen-bond acceptors (Lipinski definition) is 3. The van der Waals surface area contributed by atoms with Gasteiger partial charge in [0.25, 0.3) is 0 Å². The maximum absolute atomic E-state index is 5.66. The zero-order chi connectivity index (χ0) is 15.2. The minimum absolute atomic E-state index is 0.452. The van der Waals surface area contributed by atoms with Crippen LogP contribution in [0.1, 0.15) is 18.1 Å². The zero-order valence-electron chi connectivity index (χ0n) is 12.1. The number of benzene rings is 2. The van der Waals surface area contributed by atoms with Crippen molar-refractivity contribution >= 4 is 34.4 Å². The Morgan fingerprint density at radius 3 is 2.29 bits per heavy atom. The number of anilines is 2. The summed E-state index contributed by atoms with van der Waals surface area (Å²) >= 11 is 5.21. The van der Waals surface area contributed by atoms with E-state index < -0.39 is 0 Å². The molecule has 0 aliphatic rings. The molecule has 0 fully saturated rings. The van der Waals surface area contributed by atoms with E-state index in [0.717, 1.165) is 22.6 Å². The van der Waals surface area contributed by atoms with Crippen LogP contribution in [0.4, 0.5) is 11.4 Å². The van der Waals surface area contributed by atoms with Crippen LogP contribution >= 0.6 is 12.2 Å². The van der Waals surface area contributed by atoms with Crippen LogP contribution in [-0.2, 0) is 0 Å². The van der Waals surface area contributed by atoms with Crippen molar-refractivity contribution in [3.8, 4) is 0 Å². The first-order valence-corrected chi connectivity index (χ1v) is 6.99. The van der Waals surface area contributed by atoms with Crippen molar-refractivity contribution in [3.05, 3.63) is 59.7 Å². The molecule has 2 aromatic rings. The topological polar surface area (TPSA) is 62.4 Å². The van der Waals surface area contributed by atoms with E-state index in [2.05, 4.69) is 15.8 Å². The number of nitrogens with two attached hydrogens (primary N) is 1. The number of thiocarbonyl (C=S) groups is 1. The first kappa shape index (κ1) is 15.0. The van der Waals surface area contributed by atoms with Gasteiger partial charge in [-0.05, 0) is 55.9 Å². The van der Waals surface area contributed by atoms with Crippen LogP contribution in [0.2, 0.25) is 0 Å². The summed E-state index contributed by atoms with van der Waals surface area (Å²) < 4.78 is 0. The molecule has 2 rings (SSSR count). The number of rotatable bonds is 3. The van der Waals surface area contributed by atoms with E-state index in [1.807, 2.05) is 62.4 Å². The number of hydrazone groups is 1. The molecule has 0 heterocycles. The Labute approximate surface area is 130 Å². The first-order valence-electron chi connectivity index (χ1n) is 6.58. The highest BCUT2D eigenvalue weighted by molar-refractivity contribution is 7.80. The minimum Gasteiger partial charge on any atom is -0.399 e. The third kappa shape index (κ3) is 4.57. The van der Waals surface area contributed by atoms with Crippen LogP contribution < -0.4 is 16.5 Å². The van der Waals surface area contributed by atoms with Crippen molar-refractivity contribution in [3.63, 3.8) is 0 Å². The lowest BCUT2D eigenvalue weighted by Gasteiger charge is -2.08. The van der Waals surface area contributed by atoms with Crippen LogP contribution in [0.3, 0.4) is 0 Å². The maximum atomic E-state index is 5.66. The predicted octanol–water partition coefficient (Wildman–Crippen LogP) is 3.29. The van der Waals surface area contributed by atoms with Crippen LogP contribution in [0.5, 0.6) is 0 Å². The summed E-state index contributed by atoms with van der Waals surface area (Å²) in [5, 5.41) is 7.79. The van der Waals surface area contributed by atoms with Gasteiger partial charge in [0.05, 0.1) is 5.71 Å². The lowest BCUT2D eigenvalue weighted by atomic mass is 10.1. The Kier molecular flexibility index (Phi) is 4.90. The molecule has 108 valence electrons. The fourth-order valence-corrected chi connectivity index (χ4v) is 1.88. The second kappa shape index (κ2) is 6.85. The smallest absolute Gasteiger partial charge is 0.191 e. The lowest BCUT2D eigenvalue weighted by molar-refractivity contribution is 1.04. The van der Waals surface area contributed by atoms with E-state index in [0.29, 0.717) is 5.11 Å². The molecule has 5 heteroatoms. The number of aryl methyl sites for hydroxylation is 1. The molecular formula is C16H18N4S. The van der Waals surface area contributed by atoms with Crippen LogP contribution in [0.15, 0.2) is 53.6 Å². The van der Waals surface area contributed by atoms with Gasteiger partial charge in [0.1, 0.15) is 0 Å². The zero-order valence-corrected chi connectivity index (χ0v) is 12.9. The highest BCUT2D eigenvalue weighted by Crippen LogP contribution is 2.09. The second-order valence-electron chi connectivity index (χ2n) is 4.75. The summed E-state index contributed by atoms with van der Waals surface area (Å²) in [6.45, 7) is 3.95. The van der Waals surface area contributed by atoms with E-state index in [4.69, 9.17) is 18.0 Å². The van der Waals surface area contributed by atoms with Crippen molar-refractivity contribution in [2.45, 2.75) is 13.8 Å². The fourth-order valence-electron chi connectivity index (χ4n) is 1.72. The third-order valence-corrected chi connectivity index (χ3v) is 3.16. The first-order chi connectivity index (χ1) is 10.0. The molecule has 0 aliphatic carbocycles. The van der Waals surface area contributed by atoms with E-state index in [1.165, 1.54) is 5.56 Å². The summed E-state index contributed by atoms with van der Waals surface area (Å²) in [4.78, 5) is 0. The fraction of sp³-hybridized carbons (Fsp3) is 0.125. The van der Waals surface area contributed by atoms with Gasteiger partial charge in [-0.25, -0.2) is 0 Å². The van der Waals surface area contributed by atoms with Gasteiger partial charge in [-0.1, -0.05) is 29.8 Å². The van der Waals surface area contributed by atoms with E-state index >= 15 is 0 Å². The molecule has 0 saturated heterocycles. The van der Waals surface area contributed by atoms with Gasteiger partial charge in [-0.3, -0.25) is 5.43 Å². The van der Waals surface area contributed by atoms with Crippen LogP contribution in [-0.4, -0.2) is 10.8 Å². The normalized spacial score (nSPS) is 11.0. The Morgan fingerprint density at radius 2 is 1.67 bits per heavy atom. The molecule has 0 aliphatic heterocycles. The Balaban J connectivity index is 1.94. The van der Waals surface area contributed by atoms with Crippen molar-refractivity contribution in [1.82, 2.24) is 5.43 Å². The van der Waals surface area contributed by atoms with E-state index in [-0.39, 0.29) is 0 Å². The van der Waals surface area contributed by atoms with E-state index in [1.54, 1.807) is 0 Å². The van der Waals surface area contributed by atoms with Crippen molar-refractivity contribution < 1.29 is 0 Å². The van der Waals surface area contributed by atoms with Crippen molar-refractivity contribution in [2.24, 2.45) is 5.10 Å². The Bertz CT molecular complexity index is 645. The summed E-state index contributed by atoms with van der Waals surface area (Å²) in [7, 11) is 0. The molecule has 0 aromatic heterocycles. The summed E-state index contributed by atoms with van der Waals surface area (Å²) in [6, 6.07) is 15.5. The molecule has 0 bridgehead atoms. The third-order valence-electron chi connectivity index (χ3n) is 2.96. The quantitative estimate of drug-likeness (QED) is 0.352. The molecule has 2 aromatic carbocycles. The summed E-state index contributed by atoms with van der Waals surface area (Å²) in [5.41, 5.74) is 13.2. The predicted molar refractivity (Wildman–Crippen MR) is 93.6 cm³/mol. The number of nitrogen functional groups attached to an aromatic ring is 1.